The van der Waals surface area contributed by atoms with Crippen LogP contribution in [0.3, 0.4) is 0 Å². The molecule has 18 heavy (non-hydrogen) atoms. The average molecular weight is 325 g/mol. The van der Waals surface area contributed by atoms with Crippen LogP contribution in [0.2, 0.25) is 5.02 Å². The molecule has 4 heteroatoms. The summed E-state index contributed by atoms with van der Waals surface area (Å²) in [5.74, 6) is -0.323. The van der Waals surface area contributed by atoms with E-state index in [0.29, 0.717) is 10.6 Å². The van der Waals surface area contributed by atoms with Crippen molar-refractivity contribution in [2.75, 3.05) is 0 Å². The van der Waals surface area contributed by atoms with Gasteiger partial charge in [-0.15, -0.1) is 0 Å². The van der Waals surface area contributed by atoms with Gasteiger partial charge in [0.05, 0.1) is 16.6 Å². The Morgan fingerprint density at radius 2 is 2.11 bits per heavy atom. The van der Waals surface area contributed by atoms with Crippen LogP contribution in [0.5, 0.6) is 0 Å². The van der Waals surface area contributed by atoms with E-state index in [1.54, 1.807) is 18.3 Å². The van der Waals surface area contributed by atoms with Crippen LogP contribution in [-0.4, -0.2) is 10.8 Å². The standard InChI is InChI=1S/C14H11BrClNO/c1-9(13-4-2-3-7-17-13)14(18)11-6-5-10(15)8-12(11)16/h2-9H,1H3. The molecule has 2 nitrogen and oxygen atoms in total. The second-order valence-electron chi connectivity index (χ2n) is 3.96. The van der Waals surface area contributed by atoms with Crippen molar-refractivity contribution in [1.29, 1.82) is 0 Å². The smallest absolute Gasteiger partial charge is 0.173 e. The Balaban J connectivity index is 2.32. The summed E-state index contributed by atoms with van der Waals surface area (Å²) in [4.78, 5) is 16.5. The first kappa shape index (κ1) is 13.2. The maximum atomic E-state index is 12.3. The van der Waals surface area contributed by atoms with E-state index < -0.39 is 0 Å². The largest absolute Gasteiger partial charge is 0.293 e. The van der Waals surface area contributed by atoms with E-state index in [2.05, 4.69) is 20.9 Å². The Kier molecular flexibility index (Phi) is 4.15. The van der Waals surface area contributed by atoms with Gasteiger partial charge in [0, 0.05) is 16.2 Å². The zero-order chi connectivity index (χ0) is 13.1. The number of hydrogen-bond donors (Lipinski definition) is 0. The van der Waals surface area contributed by atoms with Crippen LogP contribution >= 0.6 is 27.5 Å². The van der Waals surface area contributed by atoms with Gasteiger partial charge in [-0.1, -0.05) is 33.6 Å². The number of benzene rings is 1. The zero-order valence-corrected chi connectivity index (χ0v) is 12.1. The lowest BCUT2D eigenvalue weighted by Crippen LogP contribution is -2.11. The number of pyridine rings is 1. The second kappa shape index (κ2) is 5.63. The third-order valence-corrected chi connectivity index (χ3v) is 3.53. The van der Waals surface area contributed by atoms with Crippen molar-refractivity contribution in [2.24, 2.45) is 0 Å². The van der Waals surface area contributed by atoms with E-state index in [4.69, 9.17) is 11.6 Å². The predicted octanol–water partition coefficient (Wildman–Crippen LogP) is 4.48. The van der Waals surface area contributed by atoms with Gasteiger partial charge >= 0.3 is 0 Å². The molecule has 0 aliphatic rings. The molecular weight excluding hydrogens is 314 g/mol. The van der Waals surface area contributed by atoms with Crippen molar-refractivity contribution in [3.05, 3.63) is 63.3 Å². The maximum Gasteiger partial charge on any atom is 0.173 e. The Hall–Kier alpha value is -1.19. The molecule has 0 spiro atoms. The summed E-state index contributed by atoms with van der Waals surface area (Å²) in [5.41, 5.74) is 1.28. The molecule has 1 atom stereocenters. The number of ketones is 1. The molecule has 2 aromatic rings. The van der Waals surface area contributed by atoms with Gasteiger partial charge in [-0.05, 0) is 37.3 Å². The van der Waals surface area contributed by atoms with Gasteiger partial charge in [0.15, 0.2) is 5.78 Å². The third kappa shape index (κ3) is 2.79. The van der Waals surface area contributed by atoms with Crippen molar-refractivity contribution in [1.82, 2.24) is 4.98 Å². The number of aromatic nitrogens is 1. The fourth-order valence-electron chi connectivity index (χ4n) is 1.69. The molecule has 0 radical (unpaired) electrons. The molecule has 0 aliphatic carbocycles. The van der Waals surface area contributed by atoms with Crippen LogP contribution in [0.15, 0.2) is 47.1 Å². The Morgan fingerprint density at radius 1 is 1.33 bits per heavy atom. The van der Waals surface area contributed by atoms with E-state index in [1.807, 2.05) is 31.2 Å². The molecule has 92 valence electrons. The SMILES string of the molecule is CC(C(=O)c1ccc(Br)cc1Cl)c1ccccn1. The van der Waals surface area contributed by atoms with Gasteiger partial charge in [0.25, 0.3) is 0 Å². The minimum absolute atomic E-state index is 0.0220. The molecule has 1 unspecified atom stereocenters. The van der Waals surface area contributed by atoms with Gasteiger partial charge in [-0.2, -0.15) is 0 Å². The van der Waals surface area contributed by atoms with Crippen molar-refractivity contribution in [3.63, 3.8) is 0 Å². The number of carbonyl (C=O) groups is 1. The first-order chi connectivity index (χ1) is 8.59. The highest BCUT2D eigenvalue weighted by molar-refractivity contribution is 9.10. The molecule has 0 N–H and O–H groups in total. The average Bonchev–Trinajstić information content (AvgIpc) is 2.38. The van der Waals surface area contributed by atoms with E-state index >= 15 is 0 Å². The molecule has 1 aromatic carbocycles. The lowest BCUT2D eigenvalue weighted by Gasteiger charge is -2.11. The minimum Gasteiger partial charge on any atom is -0.293 e. The number of Topliss-reactive ketones (excluding diaryl/α,β-unsaturated/α-hetero) is 1. The number of rotatable bonds is 3. The summed E-state index contributed by atoms with van der Waals surface area (Å²) in [7, 11) is 0. The summed E-state index contributed by atoms with van der Waals surface area (Å²) in [5, 5.41) is 0.456. The van der Waals surface area contributed by atoms with Crippen LogP contribution < -0.4 is 0 Å². The number of halogens is 2. The summed E-state index contributed by atoms with van der Waals surface area (Å²) in [6.45, 7) is 1.84. The molecule has 0 amide bonds. The molecule has 2 rings (SSSR count). The molecule has 1 heterocycles. The fourth-order valence-corrected chi connectivity index (χ4v) is 2.46. The molecule has 0 fully saturated rings. The molecule has 1 aromatic heterocycles. The quantitative estimate of drug-likeness (QED) is 0.779. The zero-order valence-electron chi connectivity index (χ0n) is 9.73. The third-order valence-electron chi connectivity index (χ3n) is 2.72. The van der Waals surface area contributed by atoms with E-state index in [-0.39, 0.29) is 11.7 Å². The highest BCUT2D eigenvalue weighted by Gasteiger charge is 2.20. The first-order valence-corrected chi connectivity index (χ1v) is 6.67. The molecule has 0 saturated heterocycles. The van der Waals surface area contributed by atoms with Gasteiger partial charge in [0.2, 0.25) is 0 Å². The van der Waals surface area contributed by atoms with Gasteiger partial charge in [-0.3, -0.25) is 9.78 Å². The number of nitrogens with zero attached hydrogens (tertiary/aromatic N) is 1. The summed E-state index contributed by atoms with van der Waals surface area (Å²) in [6, 6.07) is 10.8. The summed E-state index contributed by atoms with van der Waals surface area (Å²) < 4.78 is 0.856. The van der Waals surface area contributed by atoms with Crippen molar-refractivity contribution in [2.45, 2.75) is 12.8 Å². The number of carbonyl (C=O) groups excluding carboxylic acids is 1. The Morgan fingerprint density at radius 3 is 2.72 bits per heavy atom. The van der Waals surface area contributed by atoms with Crippen molar-refractivity contribution >= 4 is 33.3 Å². The lowest BCUT2D eigenvalue weighted by molar-refractivity contribution is 0.0964. The molecule has 0 aliphatic heterocycles. The van der Waals surface area contributed by atoms with Gasteiger partial charge in [0.1, 0.15) is 0 Å². The van der Waals surface area contributed by atoms with Crippen LogP contribution in [0.4, 0.5) is 0 Å². The maximum absolute atomic E-state index is 12.3. The normalized spacial score (nSPS) is 12.2. The second-order valence-corrected chi connectivity index (χ2v) is 5.29. The minimum atomic E-state index is -0.301. The summed E-state index contributed by atoms with van der Waals surface area (Å²) >= 11 is 9.40. The molecular formula is C14H11BrClNO. The van der Waals surface area contributed by atoms with Crippen LogP contribution in [-0.2, 0) is 0 Å². The van der Waals surface area contributed by atoms with Gasteiger partial charge in [-0.25, -0.2) is 0 Å². The van der Waals surface area contributed by atoms with Crippen LogP contribution in [0.1, 0.15) is 28.9 Å². The van der Waals surface area contributed by atoms with Gasteiger partial charge < -0.3 is 0 Å². The van der Waals surface area contributed by atoms with Crippen molar-refractivity contribution < 1.29 is 4.79 Å². The summed E-state index contributed by atoms with van der Waals surface area (Å²) in [6.07, 6.45) is 1.68. The van der Waals surface area contributed by atoms with E-state index in [0.717, 1.165) is 10.2 Å². The van der Waals surface area contributed by atoms with E-state index in [1.165, 1.54) is 0 Å². The van der Waals surface area contributed by atoms with E-state index in [9.17, 15) is 4.79 Å². The Labute approximate surface area is 119 Å². The Bertz CT molecular complexity index is 571. The van der Waals surface area contributed by atoms with Crippen LogP contribution in [0.25, 0.3) is 0 Å². The first-order valence-electron chi connectivity index (χ1n) is 5.50. The fraction of sp³-hybridized carbons (Fsp3) is 0.143. The van der Waals surface area contributed by atoms with Crippen LogP contribution in [0, 0.1) is 0 Å². The lowest BCUT2D eigenvalue weighted by atomic mass is 9.96. The topological polar surface area (TPSA) is 30.0 Å². The number of hydrogen-bond acceptors (Lipinski definition) is 2. The monoisotopic (exact) mass is 323 g/mol. The highest BCUT2D eigenvalue weighted by Crippen LogP contribution is 2.26. The molecule has 0 saturated carbocycles. The molecule has 0 bridgehead atoms. The highest BCUT2D eigenvalue weighted by atomic mass is 79.9. The van der Waals surface area contributed by atoms with Crippen molar-refractivity contribution in [3.8, 4) is 0 Å². The predicted molar refractivity (Wildman–Crippen MR) is 76.1 cm³/mol.